The summed E-state index contributed by atoms with van der Waals surface area (Å²) in [5.41, 5.74) is 0.479. The summed E-state index contributed by atoms with van der Waals surface area (Å²) in [5, 5.41) is 0.255. The van der Waals surface area contributed by atoms with Gasteiger partial charge in [-0.25, -0.2) is 4.98 Å². The van der Waals surface area contributed by atoms with Gasteiger partial charge in [0.1, 0.15) is 5.15 Å². The van der Waals surface area contributed by atoms with Crippen molar-refractivity contribution in [1.82, 2.24) is 9.88 Å². The molecule has 0 saturated carbocycles. The Morgan fingerprint density at radius 3 is 2.53 bits per heavy atom. The van der Waals surface area contributed by atoms with E-state index in [2.05, 4.69) is 25.8 Å². The summed E-state index contributed by atoms with van der Waals surface area (Å²) in [6.07, 6.45) is 1.58. The minimum Gasteiger partial charge on any atom is -0.338 e. The molecule has 4 heteroatoms. The van der Waals surface area contributed by atoms with Crippen LogP contribution in [-0.2, 0) is 0 Å². The summed E-state index contributed by atoms with van der Waals surface area (Å²) in [4.78, 5) is 17.9. The van der Waals surface area contributed by atoms with Gasteiger partial charge in [0.05, 0.1) is 5.56 Å². The maximum absolute atomic E-state index is 12.3. The van der Waals surface area contributed by atoms with Gasteiger partial charge in [0, 0.05) is 19.3 Å². The molecule has 0 radical (unpaired) electrons. The van der Waals surface area contributed by atoms with E-state index in [-0.39, 0.29) is 22.5 Å². The summed E-state index contributed by atoms with van der Waals surface area (Å²) in [7, 11) is 1.79. The zero-order valence-electron chi connectivity index (χ0n) is 11.0. The summed E-state index contributed by atoms with van der Waals surface area (Å²) < 4.78 is 0. The Bertz CT molecular complexity index is 412. The number of aromatic nitrogens is 1. The molecule has 1 rings (SSSR count). The first-order valence-electron chi connectivity index (χ1n) is 5.63. The van der Waals surface area contributed by atoms with E-state index in [0.29, 0.717) is 5.56 Å². The molecule has 0 N–H and O–H groups in total. The molecule has 0 saturated heterocycles. The number of nitrogens with zero attached hydrogens (tertiary/aromatic N) is 2. The Hall–Kier alpha value is -1.09. The molecule has 17 heavy (non-hydrogen) atoms. The third-order valence-electron chi connectivity index (χ3n) is 3.14. The molecule has 0 spiro atoms. The molecule has 0 aliphatic heterocycles. The number of carbonyl (C=O) groups is 1. The minimum atomic E-state index is -0.0921. The van der Waals surface area contributed by atoms with Crippen molar-refractivity contribution in [3.05, 3.63) is 29.0 Å². The quantitative estimate of drug-likeness (QED) is 0.759. The second-order valence-electron chi connectivity index (χ2n) is 5.30. The lowest BCUT2D eigenvalue weighted by Gasteiger charge is -2.35. The van der Waals surface area contributed by atoms with Gasteiger partial charge in [0.2, 0.25) is 0 Å². The molecule has 1 aromatic heterocycles. The number of pyridine rings is 1. The van der Waals surface area contributed by atoms with Gasteiger partial charge >= 0.3 is 0 Å². The number of amides is 1. The highest BCUT2D eigenvalue weighted by molar-refractivity contribution is 6.32. The van der Waals surface area contributed by atoms with E-state index in [4.69, 9.17) is 11.6 Å². The smallest absolute Gasteiger partial charge is 0.256 e. The van der Waals surface area contributed by atoms with Crippen molar-refractivity contribution >= 4 is 17.5 Å². The molecule has 0 aliphatic carbocycles. The van der Waals surface area contributed by atoms with Crippen molar-refractivity contribution in [1.29, 1.82) is 0 Å². The van der Waals surface area contributed by atoms with Crippen molar-refractivity contribution in [3.8, 4) is 0 Å². The highest BCUT2D eigenvalue weighted by atomic mass is 35.5. The van der Waals surface area contributed by atoms with Gasteiger partial charge in [-0.1, -0.05) is 32.4 Å². The summed E-state index contributed by atoms with van der Waals surface area (Å²) >= 11 is 5.92. The lowest BCUT2D eigenvalue weighted by Crippen LogP contribution is -2.43. The molecule has 0 aromatic carbocycles. The Morgan fingerprint density at radius 2 is 2.06 bits per heavy atom. The molecule has 94 valence electrons. The van der Waals surface area contributed by atoms with Crippen molar-refractivity contribution < 1.29 is 4.79 Å². The average molecular weight is 255 g/mol. The fourth-order valence-electron chi connectivity index (χ4n) is 1.49. The van der Waals surface area contributed by atoms with Crippen molar-refractivity contribution in [2.24, 2.45) is 5.41 Å². The Labute approximate surface area is 108 Å². The van der Waals surface area contributed by atoms with E-state index in [1.165, 1.54) is 0 Å². The topological polar surface area (TPSA) is 33.2 Å². The van der Waals surface area contributed by atoms with Crippen LogP contribution in [0.3, 0.4) is 0 Å². The van der Waals surface area contributed by atoms with Gasteiger partial charge < -0.3 is 4.90 Å². The normalized spacial score (nSPS) is 13.3. The van der Waals surface area contributed by atoms with E-state index in [1.807, 2.05) is 6.92 Å². The number of hydrogen-bond donors (Lipinski definition) is 0. The fourth-order valence-corrected chi connectivity index (χ4v) is 1.69. The van der Waals surface area contributed by atoms with Crippen LogP contribution in [-0.4, -0.2) is 28.9 Å². The van der Waals surface area contributed by atoms with Gasteiger partial charge in [-0.2, -0.15) is 0 Å². The highest BCUT2D eigenvalue weighted by Crippen LogP contribution is 2.25. The van der Waals surface area contributed by atoms with Crippen LogP contribution in [0.15, 0.2) is 18.3 Å². The molecule has 1 heterocycles. The second kappa shape index (κ2) is 5.05. The largest absolute Gasteiger partial charge is 0.338 e. The second-order valence-corrected chi connectivity index (χ2v) is 5.66. The molecule has 3 nitrogen and oxygen atoms in total. The van der Waals surface area contributed by atoms with Crippen LogP contribution in [0, 0.1) is 5.41 Å². The maximum Gasteiger partial charge on any atom is 0.256 e. The summed E-state index contributed by atoms with van der Waals surface area (Å²) in [6, 6.07) is 3.53. The highest BCUT2D eigenvalue weighted by Gasteiger charge is 2.28. The molecule has 1 amide bonds. The molecule has 1 aromatic rings. The first-order chi connectivity index (χ1) is 7.75. The third-order valence-corrected chi connectivity index (χ3v) is 3.45. The predicted molar refractivity (Wildman–Crippen MR) is 70.3 cm³/mol. The van der Waals surface area contributed by atoms with Gasteiger partial charge in [-0.15, -0.1) is 0 Å². The van der Waals surface area contributed by atoms with Crippen molar-refractivity contribution in [3.63, 3.8) is 0 Å². The Morgan fingerprint density at radius 1 is 1.47 bits per heavy atom. The van der Waals surface area contributed by atoms with E-state index in [1.54, 1.807) is 30.3 Å². The Balaban J connectivity index is 2.95. The first kappa shape index (κ1) is 14.0. The van der Waals surface area contributed by atoms with Crippen LogP contribution in [0.5, 0.6) is 0 Å². The van der Waals surface area contributed by atoms with Crippen LogP contribution in [0.4, 0.5) is 0 Å². The first-order valence-corrected chi connectivity index (χ1v) is 6.00. The van der Waals surface area contributed by atoms with Gasteiger partial charge in [-0.3, -0.25) is 4.79 Å². The Kier molecular flexibility index (Phi) is 4.15. The molecule has 1 unspecified atom stereocenters. The van der Waals surface area contributed by atoms with E-state index in [0.717, 1.165) is 0 Å². The fraction of sp³-hybridized carbons (Fsp3) is 0.538. The van der Waals surface area contributed by atoms with Crippen molar-refractivity contribution in [2.45, 2.75) is 33.7 Å². The SMILES string of the molecule is CC(N(C)C(=O)c1cccnc1Cl)C(C)(C)C. The monoisotopic (exact) mass is 254 g/mol. The average Bonchev–Trinajstić information content (AvgIpc) is 2.25. The molecule has 0 bridgehead atoms. The molecule has 1 atom stereocenters. The van der Waals surface area contributed by atoms with Gasteiger partial charge in [-0.05, 0) is 24.5 Å². The van der Waals surface area contributed by atoms with Crippen LogP contribution in [0.2, 0.25) is 5.15 Å². The summed E-state index contributed by atoms with van der Waals surface area (Å²) in [5.74, 6) is -0.0921. The zero-order valence-corrected chi connectivity index (χ0v) is 11.7. The van der Waals surface area contributed by atoms with Crippen LogP contribution in [0.1, 0.15) is 38.1 Å². The number of carbonyl (C=O) groups excluding carboxylic acids is 1. The zero-order chi connectivity index (χ0) is 13.2. The van der Waals surface area contributed by atoms with E-state index >= 15 is 0 Å². The van der Waals surface area contributed by atoms with Crippen LogP contribution >= 0.6 is 11.6 Å². The molecule has 0 fully saturated rings. The van der Waals surface area contributed by atoms with Crippen molar-refractivity contribution in [2.75, 3.05) is 7.05 Å². The lowest BCUT2D eigenvalue weighted by atomic mass is 9.87. The van der Waals surface area contributed by atoms with Crippen LogP contribution < -0.4 is 0 Å². The predicted octanol–water partition coefficient (Wildman–Crippen LogP) is 3.24. The van der Waals surface area contributed by atoms with Gasteiger partial charge in [0.25, 0.3) is 5.91 Å². The summed E-state index contributed by atoms with van der Waals surface area (Å²) in [6.45, 7) is 8.34. The van der Waals surface area contributed by atoms with E-state index < -0.39 is 0 Å². The van der Waals surface area contributed by atoms with Gasteiger partial charge in [0.15, 0.2) is 0 Å². The molecular weight excluding hydrogens is 236 g/mol. The minimum absolute atomic E-state index is 0.0269. The molecule has 0 aliphatic rings. The third kappa shape index (κ3) is 3.19. The standard InChI is InChI=1S/C13H19ClN2O/c1-9(13(2,3)4)16(5)12(17)10-7-6-8-15-11(10)14/h6-9H,1-5H3. The number of halogens is 1. The number of hydrogen-bond acceptors (Lipinski definition) is 2. The van der Waals surface area contributed by atoms with E-state index in [9.17, 15) is 4.79 Å². The van der Waals surface area contributed by atoms with Crippen LogP contribution in [0.25, 0.3) is 0 Å². The molecular formula is C13H19ClN2O. The maximum atomic E-state index is 12.3. The lowest BCUT2D eigenvalue weighted by molar-refractivity contribution is 0.0629. The number of rotatable bonds is 2.